The van der Waals surface area contributed by atoms with E-state index in [0.717, 1.165) is 4.47 Å². The predicted octanol–water partition coefficient (Wildman–Crippen LogP) is 5.07. The Morgan fingerprint density at radius 1 is 0.840 bits per heavy atom. The highest BCUT2D eigenvalue weighted by atomic mass is 79.9. The van der Waals surface area contributed by atoms with Crippen molar-refractivity contribution in [3.05, 3.63) is 99.8 Å². The number of hydrogen-bond acceptors (Lipinski definition) is 2. The highest BCUT2D eigenvalue weighted by Crippen LogP contribution is 2.24. The van der Waals surface area contributed by atoms with E-state index in [-0.39, 0.29) is 5.78 Å². The molecule has 0 saturated heterocycles. The van der Waals surface area contributed by atoms with Crippen molar-refractivity contribution in [2.75, 3.05) is 5.32 Å². The second-order valence-electron chi connectivity index (χ2n) is 5.35. The van der Waals surface area contributed by atoms with Gasteiger partial charge in [-0.15, -0.1) is 0 Å². The molecule has 0 radical (unpaired) electrons. The van der Waals surface area contributed by atoms with E-state index in [0.29, 0.717) is 22.4 Å². The molecule has 25 heavy (non-hydrogen) atoms. The van der Waals surface area contributed by atoms with Crippen LogP contribution in [0.15, 0.2) is 77.3 Å². The lowest BCUT2D eigenvalue weighted by atomic mass is 10.0. The Morgan fingerprint density at radius 2 is 1.52 bits per heavy atom. The second-order valence-corrected chi connectivity index (χ2v) is 6.26. The summed E-state index contributed by atoms with van der Waals surface area (Å²) in [5, 5.41) is 2.72. The van der Waals surface area contributed by atoms with E-state index in [1.165, 1.54) is 24.3 Å². The summed E-state index contributed by atoms with van der Waals surface area (Å²) in [6.07, 6.45) is 0. The average molecular weight is 398 g/mol. The first kappa shape index (κ1) is 17.0. The van der Waals surface area contributed by atoms with Gasteiger partial charge in [-0.1, -0.05) is 46.3 Å². The number of rotatable bonds is 4. The maximum atomic E-state index is 13.0. The third-order valence-electron chi connectivity index (χ3n) is 3.62. The molecule has 3 aromatic rings. The summed E-state index contributed by atoms with van der Waals surface area (Å²) in [6.45, 7) is 0. The van der Waals surface area contributed by atoms with E-state index >= 15 is 0 Å². The minimum absolute atomic E-state index is 0.198. The second kappa shape index (κ2) is 7.40. The van der Waals surface area contributed by atoms with Crippen molar-refractivity contribution in [1.29, 1.82) is 0 Å². The van der Waals surface area contributed by atoms with Gasteiger partial charge < -0.3 is 5.32 Å². The summed E-state index contributed by atoms with van der Waals surface area (Å²) < 4.78 is 13.7. The Labute approximate surface area is 152 Å². The number of benzene rings is 3. The van der Waals surface area contributed by atoms with Gasteiger partial charge in [0.2, 0.25) is 0 Å². The van der Waals surface area contributed by atoms with Gasteiger partial charge in [0.25, 0.3) is 5.91 Å². The van der Waals surface area contributed by atoms with E-state index in [4.69, 9.17) is 0 Å². The highest BCUT2D eigenvalue weighted by Gasteiger charge is 2.16. The van der Waals surface area contributed by atoms with Crippen molar-refractivity contribution in [2.45, 2.75) is 0 Å². The lowest BCUT2D eigenvalue weighted by Gasteiger charge is -2.11. The first-order valence-corrected chi connectivity index (χ1v) is 8.30. The van der Waals surface area contributed by atoms with Crippen LogP contribution in [0.1, 0.15) is 26.3 Å². The summed E-state index contributed by atoms with van der Waals surface area (Å²) in [5.74, 6) is -1.03. The normalized spacial score (nSPS) is 10.3. The Bertz CT molecular complexity index is 924. The number of anilines is 1. The topological polar surface area (TPSA) is 46.2 Å². The molecule has 0 spiro atoms. The molecule has 0 unspecified atom stereocenters. The molecular weight excluding hydrogens is 385 g/mol. The molecule has 0 saturated carbocycles. The largest absolute Gasteiger partial charge is 0.321 e. The molecule has 0 aromatic heterocycles. The van der Waals surface area contributed by atoms with Crippen LogP contribution in [0.2, 0.25) is 0 Å². The van der Waals surface area contributed by atoms with Crippen molar-refractivity contribution in [3.8, 4) is 0 Å². The number of halogens is 2. The fourth-order valence-electron chi connectivity index (χ4n) is 2.35. The van der Waals surface area contributed by atoms with E-state index in [2.05, 4.69) is 21.2 Å². The average Bonchev–Trinajstić information content (AvgIpc) is 2.64. The molecule has 3 rings (SSSR count). The fraction of sp³-hybridized carbons (Fsp3) is 0. The molecule has 5 heteroatoms. The van der Waals surface area contributed by atoms with Crippen LogP contribution >= 0.6 is 15.9 Å². The molecule has 124 valence electrons. The SMILES string of the molecule is O=C(Nc1ccc(Br)cc1C(=O)c1ccccc1)c1ccc(F)cc1. The quantitative estimate of drug-likeness (QED) is 0.624. The molecule has 3 nitrogen and oxygen atoms in total. The maximum absolute atomic E-state index is 13.0. The molecule has 0 bridgehead atoms. The zero-order valence-electron chi connectivity index (χ0n) is 13.0. The number of ketones is 1. The first-order valence-electron chi connectivity index (χ1n) is 7.51. The van der Waals surface area contributed by atoms with Crippen molar-refractivity contribution < 1.29 is 14.0 Å². The van der Waals surface area contributed by atoms with Crippen LogP contribution in [0.3, 0.4) is 0 Å². The van der Waals surface area contributed by atoms with Crippen molar-refractivity contribution >= 4 is 33.3 Å². The Kier molecular flexibility index (Phi) is 5.05. The zero-order chi connectivity index (χ0) is 17.8. The summed E-state index contributed by atoms with van der Waals surface area (Å²) in [4.78, 5) is 25.1. The molecule has 1 amide bonds. The molecule has 0 atom stereocenters. The van der Waals surface area contributed by atoms with Gasteiger partial charge in [-0.25, -0.2) is 4.39 Å². The molecule has 0 aliphatic carbocycles. The minimum Gasteiger partial charge on any atom is -0.321 e. The maximum Gasteiger partial charge on any atom is 0.255 e. The molecule has 0 aliphatic rings. The number of carbonyl (C=O) groups excluding carboxylic acids is 2. The number of carbonyl (C=O) groups is 2. The van der Waals surface area contributed by atoms with E-state index < -0.39 is 11.7 Å². The summed E-state index contributed by atoms with van der Waals surface area (Å²) in [6, 6.07) is 19.1. The molecule has 0 aliphatic heterocycles. The summed E-state index contributed by atoms with van der Waals surface area (Å²) in [7, 11) is 0. The zero-order valence-corrected chi connectivity index (χ0v) is 14.6. The highest BCUT2D eigenvalue weighted by molar-refractivity contribution is 9.10. The molecule has 0 fully saturated rings. The predicted molar refractivity (Wildman–Crippen MR) is 98.4 cm³/mol. The van der Waals surface area contributed by atoms with Crippen molar-refractivity contribution in [1.82, 2.24) is 0 Å². The number of nitrogens with one attached hydrogen (secondary N) is 1. The van der Waals surface area contributed by atoms with Crippen LogP contribution in [0.5, 0.6) is 0 Å². The third-order valence-corrected chi connectivity index (χ3v) is 4.11. The molecular formula is C20H13BrFNO2. The van der Waals surface area contributed by atoms with Crippen LogP contribution in [-0.2, 0) is 0 Å². The lowest BCUT2D eigenvalue weighted by Crippen LogP contribution is -2.15. The van der Waals surface area contributed by atoms with Gasteiger partial charge >= 0.3 is 0 Å². The standard InChI is InChI=1S/C20H13BrFNO2/c21-15-8-11-18(23-20(25)14-6-9-16(22)10-7-14)17(12-15)19(24)13-4-2-1-3-5-13/h1-12H,(H,23,25). The monoisotopic (exact) mass is 397 g/mol. The van der Waals surface area contributed by atoms with Gasteiger partial charge in [0.15, 0.2) is 5.78 Å². The van der Waals surface area contributed by atoms with Crippen LogP contribution in [-0.4, -0.2) is 11.7 Å². The van der Waals surface area contributed by atoms with Crippen LogP contribution in [0.25, 0.3) is 0 Å². The number of hydrogen-bond donors (Lipinski definition) is 1. The summed E-state index contributed by atoms with van der Waals surface area (Å²) >= 11 is 3.35. The van der Waals surface area contributed by atoms with Crippen molar-refractivity contribution in [3.63, 3.8) is 0 Å². The van der Waals surface area contributed by atoms with E-state index in [1.54, 1.807) is 42.5 Å². The first-order chi connectivity index (χ1) is 12.0. The van der Waals surface area contributed by atoms with Gasteiger partial charge in [0.1, 0.15) is 5.82 Å². The third kappa shape index (κ3) is 4.00. The summed E-state index contributed by atoms with van der Waals surface area (Å²) in [5.41, 5.74) is 1.60. The van der Waals surface area contributed by atoms with Crippen LogP contribution in [0.4, 0.5) is 10.1 Å². The van der Waals surface area contributed by atoms with Gasteiger partial charge in [-0.2, -0.15) is 0 Å². The smallest absolute Gasteiger partial charge is 0.255 e. The van der Waals surface area contributed by atoms with E-state index in [9.17, 15) is 14.0 Å². The van der Waals surface area contributed by atoms with Gasteiger partial charge in [0, 0.05) is 21.2 Å². The lowest BCUT2D eigenvalue weighted by molar-refractivity contribution is 0.102. The molecule has 3 aromatic carbocycles. The van der Waals surface area contributed by atoms with Gasteiger partial charge in [0.05, 0.1) is 5.69 Å². The van der Waals surface area contributed by atoms with Crippen LogP contribution < -0.4 is 5.32 Å². The molecule has 0 heterocycles. The van der Waals surface area contributed by atoms with Gasteiger partial charge in [-0.3, -0.25) is 9.59 Å². The Balaban J connectivity index is 1.93. The van der Waals surface area contributed by atoms with Crippen LogP contribution in [0, 0.1) is 5.82 Å². The fourth-order valence-corrected chi connectivity index (χ4v) is 2.72. The number of amides is 1. The molecule has 1 N–H and O–H groups in total. The van der Waals surface area contributed by atoms with Crippen molar-refractivity contribution in [2.24, 2.45) is 0 Å². The Morgan fingerprint density at radius 3 is 2.20 bits per heavy atom. The van der Waals surface area contributed by atoms with Gasteiger partial charge in [-0.05, 0) is 42.5 Å². The Hall–Kier alpha value is -2.79. The van der Waals surface area contributed by atoms with E-state index in [1.807, 2.05) is 6.07 Å². The minimum atomic E-state index is -0.417.